The third-order valence-corrected chi connectivity index (χ3v) is 4.11. The van der Waals surface area contributed by atoms with Crippen LogP contribution < -0.4 is 5.73 Å². The molecule has 6 heteroatoms. The molecule has 6 nitrogen and oxygen atoms in total. The third-order valence-electron chi connectivity index (χ3n) is 4.11. The normalized spacial score (nSPS) is 11.4. The molecule has 0 aliphatic heterocycles. The van der Waals surface area contributed by atoms with E-state index in [9.17, 15) is 10.1 Å². The summed E-state index contributed by atoms with van der Waals surface area (Å²) in [6, 6.07) is 20.8. The van der Waals surface area contributed by atoms with Gasteiger partial charge < -0.3 is 10.2 Å². The van der Waals surface area contributed by atoms with E-state index in [4.69, 9.17) is 10.2 Å². The van der Waals surface area contributed by atoms with Crippen molar-refractivity contribution in [2.75, 3.05) is 0 Å². The van der Waals surface area contributed by atoms with Gasteiger partial charge in [-0.3, -0.25) is 4.79 Å². The molecule has 2 aromatic heterocycles. The van der Waals surface area contributed by atoms with E-state index in [0.717, 1.165) is 16.7 Å². The Bertz CT molecular complexity index is 1180. The van der Waals surface area contributed by atoms with Gasteiger partial charge in [0.2, 0.25) is 0 Å². The maximum absolute atomic E-state index is 11.5. The molecule has 27 heavy (non-hydrogen) atoms. The maximum atomic E-state index is 11.5. The average Bonchev–Trinajstić information content (AvgIpc) is 3.30. The summed E-state index contributed by atoms with van der Waals surface area (Å²) in [5.74, 6) is -0.251. The van der Waals surface area contributed by atoms with E-state index in [1.807, 2.05) is 66.7 Å². The maximum Gasteiger partial charge on any atom is 0.259 e. The number of fused-ring (bicyclic) bond motifs is 1. The number of hydrogen-bond acceptors (Lipinski definition) is 4. The van der Waals surface area contributed by atoms with Gasteiger partial charge in [0.15, 0.2) is 5.76 Å². The number of furan rings is 1. The topological polar surface area (TPSA) is 97.8 Å². The smallest absolute Gasteiger partial charge is 0.259 e. The number of aromatic nitrogens is 2. The van der Waals surface area contributed by atoms with Crippen molar-refractivity contribution in [3.05, 3.63) is 78.0 Å². The Morgan fingerprint density at radius 2 is 1.89 bits per heavy atom. The first kappa shape index (κ1) is 16.4. The van der Waals surface area contributed by atoms with Crippen molar-refractivity contribution >= 4 is 23.0 Å². The van der Waals surface area contributed by atoms with Crippen LogP contribution in [-0.2, 0) is 4.79 Å². The second-order valence-corrected chi connectivity index (χ2v) is 5.90. The lowest BCUT2D eigenvalue weighted by molar-refractivity contribution is -0.114. The molecule has 0 saturated heterocycles. The number of nitrogens with zero attached hydrogens (tertiary/aromatic N) is 3. The second kappa shape index (κ2) is 6.65. The van der Waals surface area contributed by atoms with E-state index in [1.165, 1.54) is 6.08 Å². The zero-order valence-corrected chi connectivity index (χ0v) is 14.2. The first-order valence-electron chi connectivity index (χ1n) is 8.21. The number of carbonyl (C=O) groups excluding carboxylic acids is 1. The fraction of sp³-hybridized carbons (Fsp3) is 0. The molecule has 2 N–H and O–H groups in total. The number of hydrogen-bond donors (Lipinski definition) is 1. The van der Waals surface area contributed by atoms with E-state index >= 15 is 0 Å². The van der Waals surface area contributed by atoms with Crippen molar-refractivity contribution < 1.29 is 9.21 Å². The van der Waals surface area contributed by atoms with Crippen LogP contribution >= 0.6 is 0 Å². The highest BCUT2D eigenvalue weighted by Crippen LogP contribution is 2.30. The molecule has 2 aromatic carbocycles. The molecular weight excluding hydrogens is 340 g/mol. The molecule has 0 atom stereocenters. The fourth-order valence-corrected chi connectivity index (χ4v) is 2.81. The monoisotopic (exact) mass is 354 g/mol. The van der Waals surface area contributed by atoms with Gasteiger partial charge in [-0.15, -0.1) is 0 Å². The summed E-state index contributed by atoms with van der Waals surface area (Å²) in [4.78, 5) is 11.5. The van der Waals surface area contributed by atoms with Crippen LogP contribution in [0.25, 0.3) is 34.2 Å². The molecular formula is C21H14N4O2. The van der Waals surface area contributed by atoms with Gasteiger partial charge in [0.25, 0.3) is 5.91 Å². The number of primary amides is 1. The van der Waals surface area contributed by atoms with Crippen molar-refractivity contribution in [3.63, 3.8) is 0 Å². The lowest BCUT2D eigenvalue weighted by Crippen LogP contribution is -2.12. The predicted molar refractivity (Wildman–Crippen MR) is 102 cm³/mol. The number of nitriles is 1. The van der Waals surface area contributed by atoms with Crippen LogP contribution in [0.3, 0.4) is 0 Å². The highest BCUT2D eigenvalue weighted by Gasteiger charge is 2.17. The molecule has 0 aliphatic rings. The average molecular weight is 354 g/mol. The number of rotatable bonds is 4. The largest absolute Gasteiger partial charge is 0.454 e. The molecule has 0 bridgehead atoms. The summed E-state index contributed by atoms with van der Waals surface area (Å²) in [6.45, 7) is 0. The molecule has 0 radical (unpaired) electrons. The van der Waals surface area contributed by atoms with E-state index in [-0.39, 0.29) is 5.57 Å². The van der Waals surface area contributed by atoms with Crippen molar-refractivity contribution in [1.29, 1.82) is 5.26 Å². The van der Waals surface area contributed by atoms with E-state index in [2.05, 4.69) is 5.10 Å². The predicted octanol–water partition coefficient (Wildman–Crippen LogP) is 3.68. The lowest BCUT2D eigenvalue weighted by atomic mass is 10.1. The second-order valence-electron chi connectivity index (χ2n) is 5.90. The Morgan fingerprint density at radius 1 is 1.15 bits per heavy atom. The van der Waals surface area contributed by atoms with Crippen LogP contribution in [0.15, 0.2) is 76.9 Å². The molecule has 4 rings (SSSR count). The van der Waals surface area contributed by atoms with E-state index in [0.29, 0.717) is 17.0 Å². The van der Waals surface area contributed by atoms with E-state index < -0.39 is 5.91 Å². The highest BCUT2D eigenvalue weighted by atomic mass is 16.3. The molecule has 130 valence electrons. The van der Waals surface area contributed by atoms with Gasteiger partial charge in [-0.05, 0) is 30.3 Å². The molecule has 1 amide bonds. The fourth-order valence-electron chi connectivity index (χ4n) is 2.81. The molecule has 0 unspecified atom stereocenters. The quantitative estimate of drug-likeness (QED) is 0.446. The van der Waals surface area contributed by atoms with Gasteiger partial charge in [0.05, 0.1) is 5.69 Å². The number of nitrogens with two attached hydrogens (primary N) is 1. The van der Waals surface area contributed by atoms with Gasteiger partial charge in [-0.25, -0.2) is 4.68 Å². The molecule has 0 aliphatic carbocycles. The Kier molecular flexibility index (Phi) is 4.03. The van der Waals surface area contributed by atoms with E-state index in [1.54, 1.807) is 10.9 Å². The van der Waals surface area contributed by atoms with Gasteiger partial charge in [-0.1, -0.05) is 36.4 Å². The van der Waals surface area contributed by atoms with Crippen molar-refractivity contribution in [1.82, 2.24) is 9.78 Å². The summed E-state index contributed by atoms with van der Waals surface area (Å²) in [6.07, 6.45) is 3.16. The van der Waals surface area contributed by atoms with Crippen LogP contribution in [0.4, 0.5) is 0 Å². The Hall–Kier alpha value is -4.11. The third kappa shape index (κ3) is 3.10. The first-order chi connectivity index (χ1) is 13.2. The minimum atomic E-state index is -0.791. The Morgan fingerprint density at radius 3 is 2.59 bits per heavy atom. The summed E-state index contributed by atoms with van der Waals surface area (Å²) < 4.78 is 7.59. The molecule has 0 saturated carbocycles. The number of amides is 1. The van der Waals surface area contributed by atoms with Crippen molar-refractivity contribution in [3.8, 4) is 23.2 Å². The number of para-hydroxylation sites is 2. The van der Waals surface area contributed by atoms with Gasteiger partial charge in [0, 0.05) is 17.1 Å². The zero-order valence-electron chi connectivity index (χ0n) is 14.2. The summed E-state index contributed by atoms with van der Waals surface area (Å²) in [5.41, 5.74) is 7.78. The molecule has 0 spiro atoms. The minimum absolute atomic E-state index is 0.153. The lowest BCUT2D eigenvalue weighted by Gasteiger charge is -1.98. The van der Waals surface area contributed by atoms with Crippen LogP contribution in [0.5, 0.6) is 0 Å². The molecule has 0 fully saturated rings. The van der Waals surface area contributed by atoms with Crippen molar-refractivity contribution in [2.24, 2.45) is 5.73 Å². The number of carbonyl (C=O) groups is 1. The van der Waals surface area contributed by atoms with Gasteiger partial charge >= 0.3 is 0 Å². The standard InChI is InChI=1S/C21H14N4O2/c22-12-15(21(23)26)10-16-13-25(17-7-2-1-3-8-17)24-20(16)19-11-14-6-4-5-9-18(14)27-19/h1-11,13H,(H2,23,26)/b15-10-. The van der Waals surface area contributed by atoms with Crippen LogP contribution in [0.1, 0.15) is 5.56 Å². The van der Waals surface area contributed by atoms with Gasteiger partial charge in [0.1, 0.15) is 22.9 Å². The zero-order chi connectivity index (χ0) is 18.8. The summed E-state index contributed by atoms with van der Waals surface area (Å²) >= 11 is 0. The minimum Gasteiger partial charge on any atom is -0.454 e. The SMILES string of the molecule is N#C/C(=C/c1cn(-c2ccccc2)nc1-c1cc2ccccc2o1)C(N)=O. The number of benzene rings is 2. The summed E-state index contributed by atoms with van der Waals surface area (Å²) in [7, 11) is 0. The van der Waals surface area contributed by atoms with Crippen LogP contribution in [0.2, 0.25) is 0 Å². The molecule has 4 aromatic rings. The summed E-state index contributed by atoms with van der Waals surface area (Å²) in [5, 5.41) is 14.7. The highest BCUT2D eigenvalue weighted by molar-refractivity contribution is 6.01. The molecule has 2 heterocycles. The Labute approximate surface area is 154 Å². The first-order valence-corrected chi connectivity index (χ1v) is 8.21. The van der Waals surface area contributed by atoms with Crippen LogP contribution in [0, 0.1) is 11.3 Å². The van der Waals surface area contributed by atoms with Crippen LogP contribution in [-0.4, -0.2) is 15.7 Å². The van der Waals surface area contributed by atoms with Gasteiger partial charge in [-0.2, -0.15) is 10.4 Å². The Balaban J connectivity index is 1.92. The van der Waals surface area contributed by atoms with Crippen molar-refractivity contribution in [2.45, 2.75) is 0 Å².